The maximum Gasteiger partial charge on any atom is 0.330 e. The number of hydrogen-bond acceptors (Lipinski definition) is 19. The number of phenolic OH excluding ortho intramolecular Hbond substituents is 5. The molecule has 2 aromatic carbocycles. The summed E-state index contributed by atoms with van der Waals surface area (Å²) in [7, 11) is 0. The van der Waals surface area contributed by atoms with Gasteiger partial charge in [-0.3, -0.25) is 4.79 Å². The van der Waals surface area contributed by atoms with Crippen LogP contribution in [0.3, 0.4) is 0 Å². The summed E-state index contributed by atoms with van der Waals surface area (Å²) < 4.78 is 34.4. The highest BCUT2D eigenvalue weighted by Crippen LogP contribution is 2.43. The first-order valence-electron chi connectivity index (χ1n) is 16.5. The predicted octanol–water partition coefficient (Wildman–Crippen LogP) is -0.793. The Bertz CT molecular complexity index is 2060. The number of rotatable bonds is 10. The Kier molecular flexibility index (Phi) is 11.5. The zero-order valence-electron chi connectivity index (χ0n) is 28.2. The van der Waals surface area contributed by atoms with E-state index in [2.05, 4.69) is 0 Å². The van der Waals surface area contributed by atoms with Crippen LogP contribution in [0, 0.1) is 0 Å². The first-order chi connectivity index (χ1) is 26.1. The molecule has 0 aromatic heterocycles. The van der Waals surface area contributed by atoms with Crippen molar-refractivity contribution >= 4 is 12.0 Å². The lowest BCUT2D eigenvalue weighted by atomic mass is 9.97. The number of benzene rings is 3. The van der Waals surface area contributed by atoms with Gasteiger partial charge in [-0.2, -0.15) is 0 Å². The molecule has 1 aliphatic carbocycles. The third kappa shape index (κ3) is 8.29. The summed E-state index contributed by atoms with van der Waals surface area (Å²) in [6.07, 6.45) is -16.0. The average molecular weight is 773 g/mol. The second-order valence-corrected chi connectivity index (χ2v) is 12.6. The highest BCUT2D eigenvalue weighted by atomic mass is 16.8. The van der Waals surface area contributed by atoms with E-state index in [0.717, 1.165) is 30.3 Å². The second-order valence-electron chi connectivity index (χ2n) is 12.6. The lowest BCUT2D eigenvalue weighted by molar-refractivity contribution is -0.357. The zero-order valence-corrected chi connectivity index (χ0v) is 28.2. The SMILES string of the molecule is O=C(C=Cc1ccc(O)c(O)c1)OC[C@@H]1O[C@@H](Oc2cc3c(O)cc(=O)cc-3oc2-c2ccc(O)c(O)c2)[C@@H](O[C@@H]2O[C@H](CO)[C@@H](O)[C@H](O)[C@H]2O)[C@@H](O)[C@@H]1O. The number of fused-ring (bicyclic) bond motifs is 1. The van der Waals surface area contributed by atoms with Crippen LogP contribution in [-0.2, 0) is 23.7 Å². The molecule has 2 aromatic rings. The molecule has 0 spiro atoms. The van der Waals surface area contributed by atoms with Crippen LogP contribution in [0.2, 0.25) is 0 Å². The van der Waals surface area contributed by atoms with Crippen molar-refractivity contribution in [2.45, 2.75) is 61.4 Å². The lowest BCUT2D eigenvalue weighted by Crippen LogP contribution is -2.65. The molecule has 0 radical (unpaired) electrons. The minimum atomic E-state index is -2.01. The Labute approximate surface area is 309 Å². The van der Waals surface area contributed by atoms with Crippen molar-refractivity contribution in [3.8, 4) is 57.1 Å². The van der Waals surface area contributed by atoms with Crippen LogP contribution in [0.1, 0.15) is 5.56 Å². The van der Waals surface area contributed by atoms with E-state index in [0.29, 0.717) is 5.56 Å². The molecule has 11 N–H and O–H groups in total. The standard InChI is InChI=1S/C36H36O19/c37-12-25-28(45)30(47)32(49)35(53-25)55-34-31(48)29(46)26(13-50-27(44)6-2-14-1-4-18(39)21(42)7-14)54-36(34)52-24-11-17-20(41)9-16(38)10-23(17)51-33(24)15-3-5-19(40)22(43)8-15/h1-11,25-26,28-32,34-37,39-43,45-49H,12-13H2/t25-,26+,28-,29-,30+,31+,32-,34+,35+,36-/m1/s1. The second kappa shape index (κ2) is 16.1. The molecule has 0 unspecified atom stereocenters. The van der Waals surface area contributed by atoms with Gasteiger partial charge in [0.25, 0.3) is 0 Å². The van der Waals surface area contributed by atoms with Crippen molar-refractivity contribution in [3.05, 3.63) is 76.5 Å². The fourth-order valence-electron chi connectivity index (χ4n) is 5.89. The minimum absolute atomic E-state index is 0.0463. The molecular formula is C36H36O19. The van der Waals surface area contributed by atoms with Crippen LogP contribution in [0.15, 0.2) is 69.9 Å². The number of ether oxygens (including phenoxy) is 5. The molecule has 2 saturated heterocycles. The number of aliphatic hydroxyl groups is 6. The Morgan fingerprint density at radius 2 is 1.38 bits per heavy atom. The highest BCUT2D eigenvalue weighted by molar-refractivity contribution is 5.87. The van der Waals surface area contributed by atoms with Gasteiger partial charge in [-0.1, -0.05) is 6.07 Å². The van der Waals surface area contributed by atoms with Gasteiger partial charge in [-0.25, -0.2) is 4.79 Å². The normalized spacial score (nSPS) is 28.3. The van der Waals surface area contributed by atoms with Crippen LogP contribution < -0.4 is 10.2 Å². The van der Waals surface area contributed by atoms with E-state index < -0.39 is 109 Å². The summed E-state index contributed by atoms with van der Waals surface area (Å²) in [4.78, 5) is 24.8. The van der Waals surface area contributed by atoms with Gasteiger partial charge >= 0.3 is 5.97 Å². The molecule has 55 heavy (non-hydrogen) atoms. The van der Waals surface area contributed by atoms with Crippen LogP contribution >= 0.6 is 0 Å². The van der Waals surface area contributed by atoms with Crippen LogP contribution in [-0.4, -0.2) is 137 Å². The van der Waals surface area contributed by atoms with Gasteiger partial charge in [0, 0.05) is 23.8 Å². The van der Waals surface area contributed by atoms with Crippen LogP contribution in [0.4, 0.5) is 0 Å². The van der Waals surface area contributed by atoms with Crippen molar-refractivity contribution in [3.63, 3.8) is 0 Å². The van der Waals surface area contributed by atoms with E-state index >= 15 is 0 Å². The third-order valence-electron chi connectivity index (χ3n) is 8.87. The van der Waals surface area contributed by atoms with Gasteiger partial charge in [0.15, 0.2) is 52.3 Å². The number of phenols is 5. The monoisotopic (exact) mass is 772 g/mol. The quantitative estimate of drug-likeness (QED) is 0.0534. The van der Waals surface area contributed by atoms with Gasteiger partial charge < -0.3 is 84.3 Å². The van der Waals surface area contributed by atoms with Gasteiger partial charge in [-0.05, 0) is 48.0 Å². The summed E-state index contributed by atoms with van der Waals surface area (Å²) in [6, 6.07) is 10.4. The Hall–Kier alpha value is -5.48. The summed E-state index contributed by atoms with van der Waals surface area (Å²) in [5.41, 5.74) is -0.334. The van der Waals surface area contributed by atoms with Crippen molar-refractivity contribution in [2.24, 2.45) is 0 Å². The molecule has 3 heterocycles. The van der Waals surface area contributed by atoms with Gasteiger partial charge in [0.05, 0.1) is 12.2 Å². The molecule has 6 rings (SSSR count). The maximum atomic E-state index is 12.6. The van der Waals surface area contributed by atoms with E-state index in [9.17, 15) is 65.8 Å². The third-order valence-corrected chi connectivity index (χ3v) is 8.87. The van der Waals surface area contributed by atoms with Crippen LogP contribution in [0.25, 0.3) is 28.7 Å². The lowest BCUT2D eigenvalue weighted by Gasteiger charge is -2.46. The molecule has 10 atom stereocenters. The number of hydrogen-bond donors (Lipinski definition) is 11. The number of carbonyl (C=O) groups excluding carboxylic acids is 1. The highest BCUT2D eigenvalue weighted by Gasteiger charge is 2.52. The summed E-state index contributed by atoms with van der Waals surface area (Å²) in [5.74, 6) is -4.12. The number of esters is 1. The largest absolute Gasteiger partial charge is 0.507 e. The molecule has 3 aliphatic heterocycles. The zero-order chi connectivity index (χ0) is 39.7. The molecule has 0 bridgehead atoms. The summed E-state index contributed by atoms with van der Waals surface area (Å²) in [5, 5.41) is 113. The fourth-order valence-corrected chi connectivity index (χ4v) is 5.89. The Morgan fingerprint density at radius 1 is 0.709 bits per heavy atom. The predicted molar refractivity (Wildman–Crippen MR) is 182 cm³/mol. The van der Waals surface area contributed by atoms with E-state index in [1.807, 2.05) is 0 Å². The molecule has 4 aliphatic rings. The summed E-state index contributed by atoms with van der Waals surface area (Å²) in [6.45, 7) is -1.55. The van der Waals surface area contributed by atoms with Crippen LogP contribution in [0.5, 0.6) is 34.5 Å². The van der Waals surface area contributed by atoms with Gasteiger partial charge in [-0.15, -0.1) is 0 Å². The molecule has 19 nitrogen and oxygen atoms in total. The number of carbonyl (C=O) groups is 1. The van der Waals surface area contributed by atoms with Crippen molar-refractivity contribution in [2.75, 3.05) is 13.2 Å². The Balaban J connectivity index is 1.34. The molecule has 294 valence electrons. The van der Waals surface area contributed by atoms with E-state index in [1.54, 1.807) is 0 Å². The smallest absolute Gasteiger partial charge is 0.330 e. The molecule has 19 heteroatoms. The van der Waals surface area contributed by atoms with Crippen molar-refractivity contribution < 1.29 is 89.1 Å². The molecule has 0 saturated carbocycles. The maximum absolute atomic E-state index is 12.6. The average Bonchev–Trinajstić information content (AvgIpc) is 3.15. The van der Waals surface area contributed by atoms with Crippen molar-refractivity contribution in [1.29, 1.82) is 0 Å². The fraction of sp³-hybridized carbons (Fsp3) is 0.333. The molecular weight excluding hydrogens is 736 g/mol. The first kappa shape index (κ1) is 39.2. The minimum Gasteiger partial charge on any atom is -0.507 e. The van der Waals surface area contributed by atoms with E-state index in [-0.39, 0.29) is 34.1 Å². The van der Waals surface area contributed by atoms with Gasteiger partial charge in [0.2, 0.25) is 6.29 Å². The Morgan fingerprint density at radius 3 is 2.07 bits per heavy atom. The van der Waals surface area contributed by atoms with Crippen molar-refractivity contribution in [1.82, 2.24) is 0 Å². The number of aromatic hydroxyl groups is 5. The van der Waals surface area contributed by atoms with Gasteiger partial charge in [0.1, 0.15) is 60.8 Å². The number of aliphatic hydroxyl groups excluding tert-OH is 6. The summed E-state index contributed by atoms with van der Waals surface area (Å²) >= 11 is 0. The first-order valence-corrected chi connectivity index (χ1v) is 16.5. The van der Waals surface area contributed by atoms with E-state index in [4.69, 9.17) is 28.1 Å². The molecule has 2 fully saturated rings. The molecule has 0 amide bonds. The van der Waals surface area contributed by atoms with E-state index in [1.165, 1.54) is 36.4 Å². The topological polar surface area (TPSA) is 316 Å².